The largest absolute Gasteiger partial charge is 0.353 e. The lowest BCUT2D eigenvalue weighted by Crippen LogP contribution is -2.53. The monoisotopic (exact) mass is 477 g/mol. The van der Waals surface area contributed by atoms with Gasteiger partial charge in [0, 0.05) is 18.5 Å². The Hall–Kier alpha value is -3.13. The average molecular weight is 478 g/mol. The van der Waals surface area contributed by atoms with Crippen molar-refractivity contribution in [1.82, 2.24) is 4.90 Å². The second kappa shape index (κ2) is 8.76. The molecule has 186 valence electrons. The summed E-state index contributed by atoms with van der Waals surface area (Å²) in [4.78, 5) is 2.51. The van der Waals surface area contributed by atoms with Crippen LogP contribution in [0.15, 0.2) is 60.7 Å². The summed E-state index contributed by atoms with van der Waals surface area (Å²) in [7, 11) is 2.28. The van der Waals surface area contributed by atoms with Crippen LogP contribution in [0.25, 0.3) is 11.4 Å². The second-order valence-corrected chi connectivity index (χ2v) is 12.0. The van der Waals surface area contributed by atoms with Crippen molar-refractivity contribution in [3.05, 3.63) is 105 Å². The molecule has 0 aliphatic carbocycles. The Kier molecular flexibility index (Phi) is 5.98. The fourth-order valence-electron chi connectivity index (χ4n) is 7.32. The second-order valence-electron chi connectivity index (χ2n) is 12.0. The van der Waals surface area contributed by atoms with Gasteiger partial charge in [-0.05, 0) is 76.4 Å². The van der Waals surface area contributed by atoms with Gasteiger partial charge in [0.15, 0.2) is 12.3 Å². The Morgan fingerprint density at radius 1 is 0.833 bits per heavy atom. The van der Waals surface area contributed by atoms with E-state index in [9.17, 15) is 0 Å². The zero-order chi connectivity index (χ0) is 25.9. The fourth-order valence-corrected chi connectivity index (χ4v) is 7.32. The lowest BCUT2D eigenvalue weighted by Gasteiger charge is -2.45. The van der Waals surface area contributed by atoms with Crippen LogP contribution in [0, 0.1) is 33.6 Å². The van der Waals surface area contributed by atoms with Gasteiger partial charge in [-0.2, -0.15) is 4.58 Å². The summed E-state index contributed by atoms with van der Waals surface area (Å²) in [6.45, 7) is 18.7. The van der Waals surface area contributed by atoms with Crippen LogP contribution in [0.2, 0.25) is 0 Å². The molecular formula is C34H41N2+. The third-order valence-electron chi connectivity index (χ3n) is 8.24. The van der Waals surface area contributed by atoms with Crippen molar-refractivity contribution in [2.24, 2.45) is 5.92 Å². The van der Waals surface area contributed by atoms with Gasteiger partial charge < -0.3 is 4.90 Å². The van der Waals surface area contributed by atoms with E-state index in [2.05, 4.69) is 139 Å². The van der Waals surface area contributed by atoms with Crippen molar-refractivity contribution in [1.29, 1.82) is 0 Å². The molecule has 0 radical (unpaired) electrons. The molecule has 2 aliphatic rings. The van der Waals surface area contributed by atoms with Gasteiger partial charge in [0.1, 0.15) is 11.7 Å². The molecule has 36 heavy (non-hydrogen) atoms. The van der Waals surface area contributed by atoms with Crippen molar-refractivity contribution < 1.29 is 4.58 Å². The van der Waals surface area contributed by atoms with E-state index in [-0.39, 0.29) is 11.5 Å². The van der Waals surface area contributed by atoms with E-state index in [0.29, 0.717) is 12.0 Å². The molecule has 2 nitrogen and oxygen atoms in total. The van der Waals surface area contributed by atoms with Gasteiger partial charge in [0.25, 0.3) is 0 Å². The molecule has 2 heterocycles. The average Bonchev–Trinajstić information content (AvgIpc) is 2.77. The molecule has 0 aromatic heterocycles. The first-order chi connectivity index (χ1) is 17.0. The minimum absolute atomic E-state index is 0.00602. The van der Waals surface area contributed by atoms with Gasteiger partial charge >= 0.3 is 0 Å². The summed E-state index contributed by atoms with van der Waals surface area (Å²) in [5.41, 5.74) is 13.5. The summed E-state index contributed by atoms with van der Waals surface area (Å²) in [5, 5.41) is 0. The standard InChI is InChI=1S/C34H41N2/c1-21(2)33-34(7,8)30-25(6)16-24(5)19-28(30)32-31(27-17-22(3)15-23(4)18-27)35(9)29(20-36(32)33)26-13-11-10-12-14-26/h10-21,29,33H,1-9H3/q+1. The lowest BCUT2D eigenvalue weighted by molar-refractivity contribution is -0.502. The Morgan fingerprint density at radius 2 is 1.44 bits per heavy atom. The van der Waals surface area contributed by atoms with E-state index < -0.39 is 0 Å². The molecular weight excluding hydrogens is 436 g/mol. The van der Waals surface area contributed by atoms with Gasteiger partial charge in [-0.3, -0.25) is 0 Å². The van der Waals surface area contributed by atoms with Crippen LogP contribution >= 0.6 is 0 Å². The summed E-state index contributed by atoms with van der Waals surface area (Å²) in [5.74, 6) is 0.487. The molecule has 0 saturated carbocycles. The third-order valence-corrected chi connectivity index (χ3v) is 8.24. The highest BCUT2D eigenvalue weighted by molar-refractivity contribution is 5.93. The highest BCUT2D eigenvalue weighted by Gasteiger charge is 2.53. The maximum Gasteiger partial charge on any atom is 0.237 e. The molecule has 2 aliphatic heterocycles. The molecule has 2 heteroatoms. The molecule has 5 rings (SSSR count). The van der Waals surface area contributed by atoms with E-state index in [0.717, 1.165) is 0 Å². The quantitative estimate of drug-likeness (QED) is 0.348. The maximum atomic E-state index is 2.66. The first kappa shape index (κ1) is 24.6. The van der Waals surface area contributed by atoms with Gasteiger partial charge in [-0.1, -0.05) is 73.0 Å². The Morgan fingerprint density at radius 3 is 2.06 bits per heavy atom. The minimum atomic E-state index is 0.00602. The fraction of sp³-hybridized carbons (Fsp3) is 0.382. The Labute approximate surface area is 218 Å². The highest BCUT2D eigenvalue weighted by Crippen LogP contribution is 2.50. The number of hydrogen-bond donors (Lipinski definition) is 0. The predicted octanol–water partition coefficient (Wildman–Crippen LogP) is 7.83. The van der Waals surface area contributed by atoms with Gasteiger partial charge in [0.2, 0.25) is 5.70 Å². The van der Waals surface area contributed by atoms with Crippen LogP contribution in [0.3, 0.4) is 0 Å². The maximum absolute atomic E-state index is 2.66. The van der Waals surface area contributed by atoms with Crippen LogP contribution in [0.4, 0.5) is 0 Å². The molecule has 0 amide bonds. The molecule has 0 saturated heterocycles. The first-order valence-electron chi connectivity index (χ1n) is 13.4. The number of aryl methyl sites for hydroxylation is 4. The number of fused-ring (bicyclic) bond motifs is 3. The number of nitrogens with zero attached hydrogens (tertiary/aromatic N) is 2. The summed E-state index contributed by atoms with van der Waals surface area (Å²) < 4.78 is 2.66. The topological polar surface area (TPSA) is 6.25 Å². The van der Waals surface area contributed by atoms with Crippen molar-refractivity contribution >= 4 is 17.6 Å². The van der Waals surface area contributed by atoms with Crippen LogP contribution in [-0.4, -0.2) is 28.8 Å². The van der Waals surface area contributed by atoms with Gasteiger partial charge in [-0.15, -0.1) is 0 Å². The molecule has 2 unspecified atom stereocenters. The van der Waals surface area contributed by atoms with E-state index >= 15 is 0 Å². The lowest BCUT2D eigenvalue weighted by atomic mass is 9.66. The molecule has 3 aromatic rings. The first-order valence-corrected chi connectivity index (χ1v) is 13.4. The van der Waals surface area contributed by atoms with Crippen LogP contribution in [0.1, 0.15) is 78.2 Å². The van der Waals surface area contributed by atoms with Crippen LogP contribution in [-0.2, 0) is 5.41 Å². The van der Waals surface area contributed by atoms with Crippen LogP contribution < -0.4 is 0 Å². The molecule has 0 N–H and O–H groups in total. The van der Waals surface area contributed by atoms with Crippen molar-refractivity contribution in [3.63, 3.8) is 0 Å². The predicted molar refractivity (Wildman–Crippen MR) is 154 cm³/mol. The normalized spacial score (nSPS) is 20.8. The van der Waals surface area contributed by atoms with E-state index in [4.69, 9.17) is 0 Å². The van der Waals surface area contributed by atoms with Crippen molar-refractivity contribution in [3.8, 4) is 0 Å². The van der Waals surface area contributed by atoms with Crippen molar-refractivity contribution in [2.45, 2.75) is 72.9 Å². The van der Waals surface area contributed by atoms with Gasteiger partial charge in [0.05, 0.1) is 11.0 Å². The summed E-state index contributed by atoms with van der Waals surface area (Å²) in [6, 6.07) is 23.3. The molecule has 3 aromatic carbocycles. The zero-order valence-electron chi connectivity index (χ0n) is 23.5. The Balaban J connectivity index is 1.93. The van der Waals surface area contributed by atoms with Crippen LogP contribution in [0.5, 0.6) is 0 Å². The van der Waals surface area contributed by atoms with E-state index in [1.807, 2.05) is 0 Å². The molecule has 0 spiro atoms. The highest BCUT2D eigenvalue weighted by atomic mass is 15.2. The third kappa shape index (κ3) is 3.82. The number of rotatable bonds is 3. The van der Waals surface area contributed by atoms with E-state index in [1.165, 1.54) is 55.9 Å². The molecule has 2 atom stereocenters. The summed E-state index contributed by atoms with van der Waals surface area (Å²) in [6.07, 6.45) is 2.50. The van der Waals surface area contributed by atoms with Gasteiger partial charge in [-0.25, -0.2) is 0 Å². The molecule has 0 bridgehead atoms. The molecule has 0 fully saturated rings. The Bertz CT molecular complexity index is 1370. The minimum Gasteiger partial charge on any atom is -0.353 e. The summed E-state index contributed by atoms with van der Waals surface area (Å²) >= 11 is 0. The zero-order valence-corrected chi connectivity index (χ0v) is 23.5. The number of benzene rings is 3. The van der Waals surface area contributed by atoms with E-state index in [1.54, 1.807) is 0 Å². The number of hydrogen-bond acceptors (Lipinski definition) is 1. The van der Waals surface area contributed by atoms with Crippen molar-refractivity contribution in [2.75, 3.05) is 7.05 Å². The SMILES string of the molecule is Cc1cc(C)cc(C2=C3c4cc(C)cc(C)c4C(C)(C)C(C(C)C)[N+]3=CC(c3ccccc3)N2C)c1. The smallest absolute Gasteiger partial charge is 0.237 e.